The van der Waals surface area contributed by atoms with Gasteiger partial charge in [-0.05, 0) is 37.0 Å². The molecule has 0 saturated carbocycles. The van der Waals surface area contributed by atoms with E-state index in [2.05, 4.69) is 12.2 Å². The average molecular weight is 306 g/mol. The Hall–Kier alpha value is -0.800. The fraction of sp³-hybridized carbons (Fsp3) is 0.500. The molecule has 19 heavy (non-hydrogen) atoms. The number of alkyl halides is 1. The second kappa shape index (κ2) is 8.39. The van der Waals surface area contributed by atoms with E-state index in [1.165, 1.54) is 18.2 Å². The number of halogens is 3. The van der Waals surface area contributed by atoms with E-state index < -0.39 is 5.82 Å². The maximum Gasteiger partial charge on any atom is 0.251 e. The molecule has 1 unspecified atom stereocenters. The van der Waals surface area contributed by atoms with E-state index in [1.807, 2.05) is 0 Å². The Kier molecular flexibility index (Phi) is 7.17. The van der Waals surface area contributed by atoms with Crippen LogP contribution in [-0.4, -0.2) is 18.3 Å². The van der Waals surface area contributed by atoms with Gasteiger partial charge in [0.25, 0.3) is 5.91 Å². The topological polar surface area (TPSA) is 29.1 Å². The molecule has 1 atom stereocenters. The molecule has 1 amide bonds. The minimum atomic E-state index is -0.524. The highest BCUT2D eigenvalue weighted by Gasteiger charge is 2.12. The van der Waals surface area contributed by atoms with Crippen LogP contribution in [0.5, 0.6) is 0 Å². The fourth-order valence-electron chi connectivity index (χ4n) is 1.89. The number of hydrogen-bond donors (Lipinski definition) is 1. The summed E-state index contributed by atoms with van der Waals surface area (Å²) in [5.41, 5.74) is 0.368. The van der Waals surface area contributed by atoms with Gasteiger partial charge in [0.2, 0.25) is 0 Å². The number of nitrogens with one attached hydrogen (secondary N) is 1. The van der Waals surface area contributed by atoms with Crippen molar-refractivity contribution in [2.75, 3.05) is 12.4 Å². The summed E-state index contributed by atoms with van der Waals surface area (Å²) in [5, 5.41) is 2.79. The molecule has 106 valence electrons. The first-order chi connectivity index (χ1) is 9.08. The summed E-state index contributed by atoms with van der Waals surface area (Å²) in [4.78, 5) is 11.9. The van der Waals surface area contributed by atoms with Crippen LogP contribution >= 0.6 is 23.2 Å². The Bertz CT molecular complexity index is 420. The largest absolute Gasteiger partial charge is 0.352 e. The van der Waals surface area contributed by atoms with Crippen LogP contribution in [0.4, 0.5) is 4.39 Å². The second-order valence-electron chi connectivity index (χ2n) is 4.47. The van der Waals surface area contributed by atoms with Gasteiger partial charge in [0.15, 0.2) is 0 Å². The van der Waals surface area contributed by atoms with Crippen LogP contribution in [0, 0.1) is 11.7 Å². The van der Waals surface area contributed by atoms with Gasteiger partial charge in [0.1, 0.15) is 5.82 Å². The van der Waals surface area contributed by atoms with Crippen LogP contribution < -0.4 is 5.32 Å². The van der Waals surface area contributed by atoms with Crippen molar-refractivity contribution in [1.29, 1.82) is 0 Å². The number of amides is 1. The van der Waals surface area contributed by atoms with E-state index in [4.69, 9.17) is 23.2 Å². The minimum absolute atomic E-state index is 0.0430. The third-order valence-corrected chi connectivity index (χ3v) is 3.46. The summed E-state index contributed by atoms with van der Waals surface area (Å²) < 4.78 is 13.0. The van der Waals surface area contributed by atoms with Gasteiger partial charge in [0.05, 0.1) is 5.02 Å². The number of benzene rings is 1. The zero-order valence-corrected chi connectivity index (χ0v) is 12.4. The van der Waals surface area contributed by atoms with Crippen molar-refractivity contribution >= 4 is 29.1 Å². The molecule has 1 aromatic carbocycles. The molecule has 0 bridgehead atoms. The van der Waals surface area contributed by atoms with Gasteiger partial charge >= 0.3 is 0 Å². The molecule has 0 aromatic heterocycles. The Morgan fingerprint density at radius 2 is 2.16 bits per heavy atom. The molecular weight excluding hydrogens is 288 g/mol. The lowest BCUT2D eigenvalue weighted by atomic mass is 10.0. The van der Waals surface area contributed by atoms with Crippen LogP contribution in [0.15, 0.2) is 18.2 Å². The Morgan fingerprint density at radius 3 is 2.74 bits per heavy atom. The highest BCUT2D eigenvalue weighted by molar-refractivity contribution is 6.31. The van der Waals surface area contributed by atoms with Crippen LogP contribution in [0.3, 0.4) is 0 Å². The molecule has 5 heteroatoms. The minimum Gasteiger partial charge on any atom is -0.352 e. The lowest BCUT2D eigenvalue weighted by Gasteiger charge is -2.15. The molecule has 0 fully saturated rings. The molecule has 0 saturated heterocycles. The van der Waals surface area contributed by atoms with Crippen LogP contribution in [-0.2, 0) is 0 Å². The molecule has 1 rings (SSSR count). The van der Waals surface area contributed by atoms with E-state index in [9.17, 15) is 9.18 Å². The van der Waals surface area contributed by atoms with Gasteiger partial charge in [-0.1, -0.05) is 24.9 Å². The van der Waals surface area contributed by atoms with Gasteiger partial charge in [0, 0.05) is 18.0 Å². The predicted molar refractivity (Wildman–Crippen MR) is 77.5 cm³/mol. The van der Waals surface area contributed by atoms with E-state index in [-0.39, 0.29) is 10.9 Å². The fourth-order valence-corrected chi connectivity index (χ4v) is 2.38. The Morgan fingerprint density at radius 1 is 1.42 bits per heavy atom. The van der Waals surface area contributed by atoms with Crippen LogP contribution in [0.2, 0.25) is 5.02 Å². The van der Waals surface area contributed by atoms with E-state index in [1.54, 1.807) is 0 Å². The summed E-state index contributed by atoms with van der Waals surface area (Å²) in [6.07, 6.45) is 2.96. The van der Waals surface area contributed by atoms with E-state index in [0.717, 1.165) is 19.3 Å². The van der Waals surface area contributed by atoms with Crippen molar-refractivity contribution < 1.29 is 9.18 Å². The quantitative estimate of drug-likeness (QED) is 0.750. The lowest BCUT2D eigenvalue weighted by Crippen LogP contribution is -2.29. The highest BCUT2D eigenvalue weighted by atomic mass is 35.5. The van der Waals surface area contributed by atoms with E-state index in [0.29, 0.717) is 23.9 Å². The first kappa shape index (κ1) is 16.3. The van der Waals surface area contributed by atoms with Crippen molar-refractivity contribution in [2.45, 2.75) is 26.2 Å². The number of rotatable bonds is 7. The summed E-state index contributed by atoms with van der Waals surface area (Å²) >= 11 is 11.4. The van der Waals surface area contributed by atoms with Gasteiger partial charge in [-0.25, -0.2) is 4.39 Å². The standard InChI is InChI=1S/C14H18Cl2FNO/c1-2-3-10(6-7-15)9-18-14(19)11-4-5-13(17)12(16)8-11/h4-5,8,10H,2-3,6-7,9H2,1H3,(H,18,19). The SMILES string of the molecule is CCCC(CCCl)CNC(=O)c1ccc(F)c(Cl)c1. The van der Waals surface area contributed by atoms with E-state index >= 15 is 0 Å². The summed E-state index contributed by atoms with van der Waals surface area (Å²) in [6.45, 7) is 2.68. The molecule has 0 spiro atoms. The molecule has 0 aliphatic carbocycles. The summed E-state index contributed by atoms with van der Waals surface area (Å²) in [5.74, 6) is 0.201. The highest BCUT2D eigenvalue weighted by Crippen LogP contribution is 2.16. The average Bonchev–Trinajstić information content (AvgIpc) is 2.39. The second-order valence-corrected chi connectivity index (χ2v) is 5.26. The van der Waals surface area contributed by atoms with Crippen LogP contribution in [0.1, 0.15) is 36.5 Å². The molecule has 0 heterocycles. The predicted octanol–water partition coefficient (Wildman–Crippen LogP) is 4.25. The third kappa shape index (κ3) is 5.37. The summed E-state index contributed by atoms with van der Waals surface area (Å²) in [6, 6.07) is 3.95. The Labute approximate surface area is 123 Å². The lowest BCUT2D eigenvalue weighted by molar-refractivity contribution is 0.0946. The molecule has 0 radical (unpaired) electrons. The monoisotopic (exact) mass is 305 g/mol. The number of hydrogen-bond acceptors (Lipinski definition) is 1. The van der Waals surface area contributed by atoms with Crippen molar-refractivity contribution in [3.05, 3.63) is 34.6 Å². The van der Waals surface area contributed by atoms with Crippen LogP contribution in [0.25, 0.3) is 0 Å². The molecule has 1 aromatic rings. The zero-order chi connectivity index (χ0) is 14.3. The first-order valence-electron chi connectivity index (χ1n) is 6.37. The zero-order valence-electron chi connectivity index (χ0n) is 10.9. The first-order valence-corrected chi connectivity index (χ1v) is 7.29. The third-order valence-electron chi connectivity index (χ3n) is 2.95. The molecule has 2 nitrogen and oxygen atoms in total. The number of carbonyl (C=O) groups excluding carboxylic acids is 1. The number of carbonyl (C=O) groups is 1. The molecule has 0 aliphatic heterocycles. The van der Waals surface area contributed by atoms with Crippen molar-refractivity contribution in [3.63, 3.8) is 0 Å². The molecular formula is C14H18Cl2FNO. The summed E-state index contributed by atoms with van der Waals surface area (Å²) in [7, 11) is 0. The normalized spacial score (nSPS) is 12.2. The maximum absolute atomic E-state index is 13.0. The van der Waals surface area contributed by atoms with Gasteiger partial charge in [-0.3, -0.25) is 4.79 Å². The Balaban J connectivity index is 2.56. The van der Waals surface area contributed by atoms with Gasteiger partial charge in [-0.2, -0.15) is 0 Å². The smallest absolute Gasteiger partial charge is 0.251 e. The van der Waals surface area contributed by atoms with Gasteiger partial charge < -0.3 is 5.32 Å². The van der Waals surface area contributed by atoms with Crippen molar-refractivity contribution in [3.8, 4) is 0 Å². The molecule has 0 aliphatic rings. The van der Waals surface area contributed by atoms with Crippen molar-refractivity contribution in [2.24, 2.45) is 5.92 Å². The van der Waals surface area contributed by atoms with Gasteiger partial charge in [-0.15, -0.1) is 11.6 Å². The molecule has 1 N–H and O–H groups in total. The maximum atomic E-state index is 13.0. The van der Waals surface area contributed by atoms with Crippen molar-refractivity contribution in [1.82, 2.24) is 5.32 Å².